The minimum Gasteiger partial charge on any atom is -0.330 e. The highest BCUT2D eigenvalue weighted by Gasteiger charge is 2.31. The summed E-state index contributed by atoms with van der Waals surface area (Å²) in [6, 6.07) is 2.35. The Morgan fingerprint density at radius 1 is 1.50 bits per heavy atom. The zero-order chi connectivity index (χ0) is 14.8. The van der Waals surface area contributed by atoms with E-state index in [4.69, 9.17) is 5.73 Å². The van der Waals surface area contributed by atoms with E-state index in [2.05, 4.69) is 23.4 Å². The Balaban J connectivity index is 0.00000176. The van der Waals surface area contributed by atoms with Crippen LogP contribution in [0.25, 0.3) is 0 Å². The van der Waals surface area contributed by atoms with Crippen molar-refractivity contribution in [2.24, 2.45) is 5.73 Å². The van der Waals surface area contributed by atoms with E-state index in [0.29, 0.717) is 12.2 Å². The molecule has 0 aliphatic carbocycles. The SMILES string of the molecule is CCC1c2ccsc2CCN1C(=O)c1csc(CCN)n1.Cl. The van der Waals surface area contributed by atoms with Crippen LogP contribution in [0.1, 0.15) is 45.3 Å². The number of amides is 1. The first-order valence-electron chi connectivity index (χ1n) is 7.26. The largest absolute Gasteiger partial charge is 0.330 e. The molecular weight excluding hydrogens is 338 g/mol. The van der Waals surface area contributed by atoms with E-state index >= 15 is 0 Å². The smallest absolute Gasteiger partial charge is 0.273 e. The maximum atomic E-state index is 12.8. The lowest BCUT2D eigenvalue weighted by molar-refractivity contribution is 0.0652. The summed E-state index contributed by atoms with van der Waals surface area (Å²) in [5.41, 5.74) is 7.44. The number of rotatable bonds is 4. The quantitative estimate of drug-likeness (QED) is 0.913. The third-order valence-corrected chi connectivity index (χ3v) is 5.78. The zero-order valence-electron chi connectivity index (χ0n) is 12.4. The Hall–Kier alpha value is -0.950. The number of halogens is 1. The van der Waals surface area contributed by atoms with Crippen LogP contribution in [0.5, 0.6) is 0 Å². The Bertz CT molecular complexity index is 640. The van der Waals surface area contributed by atoms with Gasteiger partial charge in [-0.25, -0.2) is 4.98 Å². The first-order chi connectivity index (χ1) is 10.2. The van der Waals surface area contributed by atoms with Crippen molar-refractivity contribution in [3.63, 3.8) is 0 Å². The summed E-state index contributed by atoms with van der Waals surface area (Å²) >= 11 is 3.33. The molecular formula is C15H20ClN3OS2. The molecule has 3 rings (SSSR count). The summed E-state index contributed by atoms with van der Waals surface area (Å²) in [6.07, 6.45) is 2.63. The number of aromatic nitrogens is 1. The molecule has 22 heavy (non-hydrogen) atoms. The molecule has 7 heteroatoms. The van der Waals surface area contributed by atoms with Gasteiger partial charge in [0.05, 0.1) is 11.0 Å². The van der Waals surface area contributed by atoms with Gasteiger partial charge in [0, 0.05) is 23.2 Å². The third-order valence-electron chi connectivity index (χ3n) is 3.87. The summed E-state index contributed by atoms with van der Waals surface area (Å²) in [5, 5.41) is 4.94. The van der Waals surface area contributed by atoms with Crippen LogP contribution in [0.4, 0.5) is 0 Å². The molecule has 1 unspecified atom stereocenters. The summed E-state index contributed by atoms with van der Waals surface area (Å²) in [5.74, 6) is 0.0539. The van der Waals surface area contributed by atoms with Crippen molar-refractivity contribution in [2.75, 3.05) is 13.1 Å². The average Bonchev–Trinajstić information content (AvgIpc) is 3.14. The predicted octanol–water partition coefficient (Wildman–Crippen LogP) is 3.28. The van der Waals surface area contributed by atoms with Crippen molar-refractivity contribution in [3.8, 4) is 0 Å². The van der Waals surface area contributed by atoms with Gasteiger partial charge < -0.3 is 10.6 Å². The maximum absolute atomic E-state index is 12.8. The number of carbonyl (C=O) groups excluding carboxylic acids is 1. The fourth-order valence-corrected chi connectivity index (χ4v) is 4.59. The van der Waals surface area contributed by atoms with Gasteiger partial charge in [-0.2, -0.15) is 0 Å². The minimum atomic E-state index is 0. The molecule has 1 amide bonds. The van der Waals surface area contributed by atoms with Crippen molar-refractivity contribution in [3.05, 3.63) is 38.0 Å². The van der Waals surface area contributed by atoms with Crippen LogP contribution in [-0.4, -0.2) is 28.9 Å². The van der Waals surface area contributed by atoms with Gasteiger partial charge in [-0.1, -0.05) is 6.92 Å². The van der Waals surface area contributed by atoms with E-state index in [-0.39, 0.29) is 24.4 Å². The van der Waals surface area contributed by atoms with E-state index in [0.717, 1.165) is 30.8 Å². The molecule has 1 aliphatic rings. The number of hydrogen-bond donors (Lipinski definition) is 1. The van der Waals surface area contributed by atoms with Crippen LogP contribution in [0.2, 0.25) is 0 Å². The zero-order valence-corrected chi connectivity index (χ0v) is 14.9. The molecule has 2 aromatic rings. The lowest BCUT2D eigenvalue weighted by Crippen LogP contribution is -2.39. The lowest BCUT2D eigenvalue weighted by atomic mass is 9.97. The number of carbonyl (C=O) groups is 1. The van der Waals surface area contributed by atoms with Crippen molar-refractivity contribution >= 4 is 41.0 Å². The lowest BCUT2D eigenvalue weighted by Gasteiger charge is -2.35. The van der Waals surface area contributed by atoms with E-state index in [1.165, 1.54) is 21.8 Å². The van der Waals surface area contributed by atoms with Crippen LogP contribution in [0, 0.1) is 0 Å². The normalized spacial score (nSPS) is 17.0. The Morgan fingerprint density at radius 2 is 2.32 bits per heavy atom. The standard InChI is InChI=1S/C15H19N3OS2.ClH/c1-2-12-10-5-8-20-13(10)4-7-18(12)15(19)11-9-21-14(17-11)3-6-16;/h5,8-9,12H,2-4,6-7,16H2,1H3;1H. The van der Waals surface area contributed by atoms with Gasteiger partial charge in [-0.3, -0.25) is 4.79 Å². The maximum Gasteiger partial charge on any atom is 0.273 e. The third kappa shape index (κ3) is 3.20. The summed E-state index contributed by atoms with van der Waals surface area (Å²) in [7, 11) is 0. The average molecular weight is 358 g/mol. The van der Waals surface area contributed by atoms with Gasteiger partial charge >= 0.3 is 0 Å². The molecule has 1 atom stereocenters. The van der Waals surface area contributed by atoms with Crippen LogP contribution in [0.15, 0.2) is 16.8 Å². The molecule has 0 fully saturated rings. The monoisotopic (exact) mass is 357 g/mol. The molecule has 0 bridgehead atoms. The molecule has 4 nitrogen and oxygen atoms in total. The second-order valence-corrected chi connectivity index (χ2v) is 7.08. The number of thiazole rings is 1. The van der Waals surface area contributed by atoms with Crippen LogP contribution in [-0.2, 0) is 12.8 Å². The fourth-order valence-electron chi connectivity index (χ4n) is 2.87. The number of nitrogens with two attached hydrogens (primary N) is 1. The molecule has 2 aromatic heterocycles. The van der Waals surface area contributed by atoms with Gasteiger partial charge in [0.25, 0.3) is 5.91 Å². The molecule has 0 saturated carbocycles. The highest BCUT2D eigenvalue weighted by atomic mass is 35.5. The molecule has 3 heterocycles. The van der Waals surface area contributed by atoms with E-state index in [1.54, 1.807) is 11.3 Å². The molecule has 0 aromatic carbocycles. The summed E-state index contributed by atoms with van der Waals surface area (Å²) in [6.45, 7) is 3.49. The molecule has 0 saturated heterocycles. The number of thiophene rings is 1. The second kappa shape index (κ2) is 7.55. The fraction of sp³-hybridized carbons (Fsp3) is 0.467. The predicted molar refractivity (Wildman–Crippen MR) is 94.2 cm³/mol. The first-order valence-corrected chi connectivity index (χ1v) is 9.02. The summed E-state index contributed by atoms with van der Waals surface area (Å²) in [4.78, 5) is 20.6. The van der Waals surface area contributed by atoms with E-state index in [1.807, 2.05) is 10.3 Å². The first kappa shape index (κ1) is 17.4. The van der Waals surface area contributed by atoms with Gasteiger partial charge in [0.15, 0.2) is 0 Å². The molecule has 1 aliphatic heterocycles. The van der Waals surface area contributed by atoms with E-state index < -0.39 is 0 Å². The van der Waals surface area contributed by atoms with Crippen LogP contribution >= 0.6 is 35.1 Å². The van der Waals surface area contributed by atoms with Crippen LogP contribution in [0.3, 0.4) is 0 Å². The topological polar surface area (TPSA) is 59.2 Å². The molecule has 120 valence electrons. The Kier molecular flexibility index (Phi) is 5.97. The molecule has 2 N–H and O–H groups in total. The van der Waals surface area contributed by atoms with Crippen molar-refractivity contribution < 1.29 is 4.79 Å². The highest BCUT2D eigenvalue weighted by molar-refractivity contribution is 7.10. The van der Waals surface area contributed by atoms with Crippen molar-refractivity contribution in [2.45, 2.75) is 32.2 Å². The van der Waals surface area contributed by atoms with E-state index in [9.17, 15) is 4.79 Å². The van der Waals surface area contributed by atoms with Crippen molar-refractivity contribution in [1.29, 1.82) is 0 Å². The molecule has 0 spiro atoms. The van der Waals surface area contributed by atoms with Gasteiger partial charge in [-0.15, -0.1) is 35.1 Å². The summed E-state index contributed by atoms with van der Waals surface area (Å²) < 4.78 is 0. The second-order valence-electron chi connectivity index (χ2n) is 5.14. The van der Waals surface area contributed by atoms with Crippen molar-refractivity contribution in [1.82, 2.24) is 9.88 Å². The van der Waals surface area contributed by atoms with Gasteiger partial charge in [0.1, 0.15) is 5.69 Å². The highest BCUT2D eigenvalue weighted by Crippen LogP contribution is 2.36. The number of fused-ring (bicyclic) bond motifs is 1. The Labute approximate surface area is 144 Å². The number of hydrogen-bond acceptors (Lipinski definition) is 5. The Morgan fingerprint density at radius 3 is 3.05 bits per heavy atom. The molecule has 0 radical (unpaired) electrons. The van der Waals surface area contributed by atoms with Gasteiger partial charge in [0.2, 0.25) is 0 Å². The minimum absolute atomic E-state index is 0. The van der Waals surface area contributed by atoms with Gasteiger partial charge in [-0.05, 0) is 36.4 Å². The number of nitrogens with zero attached hydrogens (tertiary/aromatic N) is 2. The van der Waals surface area contributed by atoms with Crippen LogP contribution < -0.4 is 5.73 Å².